The molecule has 0 heterocycles. The van der Waals surface area contributed by atoms with E-state index in [2.05, 4.69) is 0 Å². The molecule has 0 amide bonds. The maximum absolute atomic E-state index is 10.2. The second kappa shape index (κ2) is 5.01. The Kier molecular flexibility index (Phi) is 3.29. The molecule has 3 heteroatoms. The smallest absolute Gasteiger partial charge is 0.295 e. The number of hydrogen-bond acceptors (Lipinski definition) is 3. The first-order valence-electron chi connectivity index (χ1n) is 8.48. The molecule has 4 aliphatic rings. The fraction of sp³-hybridized carbons (Fsp3) is 0.941. The molecule has 8 unspecified atom stereocenters. The molecular weight excluding hydrogens is 252 g/mol. The Morgan fingerprint density at radius 3 is 2.70 bits per heavy atom. The molecule has 0 N–H and O–H groups in total. The Bertz CT molecular complexity index is 382. The predicted molar refractivity (Wildman–Crippen MR) is 74.7 cm³/mol. The van der Waals surface area contributed by atoms with Gasteiger partial charge >= 0.3 is 0 Å². The molecule has 4 bridgehead atoms. The summed E-state index contributed by atoms with van der Waals surface area (Å²) in [7, 11) is 0. The Hall–Kier alpha value is -0.570. The molecule has 0 saturated heterocycles. The van der Waals surface area contributed by atoms with Crippen molar-refractivity contribution in [1.82, 2.24) is 0 Å². The van der Waals surface area contributed by atoms with Crippen molar-refractivity contribution in [2.75, 3.05) is 6.61 Å². The third kappa shape index (κ3) is 1.93. The first-order chi connectivity index (χ1) is 9.78. The van der Waals surface area contributed by atoms with Crippen molar-refractivity contribution in [2.24, 2.45) is 41.4 Å². The molecule has 4 aliphatic carbocycles. The van der Waals surface area contributed by atoms with E-state index in [1.807, 2.05) is 0 Å². The summed E-state index contributed by atoms with van der Waals surface area (Å²) >= 11 is 0. The van der Waals surface area contributed by atoms with Crippen LogP contribution in [-0.2, 0) is 14.3 Å². The van der Waals surface area contributed by atoms with Gasteiger partial charge in [-0.15, -0.1) is 0 Å². The molecule has 0 radical (unpaired) electrons. The van der Waals surface area contributed by atoms with Gasteiger partial charge in [-0.3, -0.25) is 4.79 Å². The molecule has 4 rings (SSSR count). The minimum atomic E-state index is -0.388. The van der Waals surface area contributed by atoms with Crippen molar-refractivity contribution in [3.63, 3.8) is 0 Å². The molecule has 112 valence electrons. The maximum atomic E-state index is 10.2. The molecule has 0 spiro atoms. The molecule has 4 saturated carbocycles. The van der Waals surface area contributed by atoms with Crippen molar-refractivity contribution >= 4 is 6.47 Å². The number of carbonyl (C=O) groups excluding carboxylic acids is 1. The first kappa shape index (κ1) is 13.1. The van der Waals surface area contributed by atoms with Gasteiger partial charge in [0.2, 0.25) is 0 Å². The second-order valence-electron chi connectivity index (χ2n) is 7.60. The monoisotopic (exact) mass is 278 g/mol. The van der Waals surface area contributed by atoms with E-state index in [-0.39, 0.29) is 6.29 Å². The summed E-state index contributed by atoms with van der Waals surface area (Å²) in [5, 5.41) is 0. The van der Waals surface area contributed by atoms with Crippen molar-refractivity contribution < 1.29 is 14.3 Å². The third-order valence-electron chi connectivity index (χ3n) is 6.96. The van der Waals surface area contributed by atoms with Gasteiger partial charge in [0.1, 0.15) is 0 Å². The lowest BCUT2D eigenvalue weighted by molar-refractivity contribution is -0.160. The van der Waals surface area contributed by atoms with Crippen LogP contribution in [0.25, 0.3) is 0 Å². The van der Waals surface area contributed by atoms with E-state index in [0.717, 1.165) is 54.5 Å². The maximum Gasteiger partial charge on any atom is 0.295 e. The summed E-state index contributed by atoms with van der Waals surface area (Å²) in [5.41, 5.74) is 0. The normalized spacial score (nSPS) is 49.4. The summed E-state index contributed by atoms with van der Waals surface area (Å²) in [6.07, 6.45) is 8.33. The highest BCUT2D eigenvalue weighted by atomic mass is 16.7. The molecular formula is C17H26O3. The van der Waals surface area contributed by atoms with Crippen LogP contribution in [0.2, 0.25) is 0 Å². The number of fused-ring (bicyclic) bond motifs is 9. The fourth-order valence-electron chi connectivity index (χ4n) is 6.54. The van der Waals surface area contributed by atoms with Gasteiger partial charge in [0.05, 0.1) is 6.61 Å². The average Bonchev–Trinajstić information content (AvgIpc) is 3.17. The molecule has 0 aromatic carbocycles. The largest absolute Gasteiger partial charge is 0.438 e. The molecule has 0 aromatic heterocycles. The summed E-state index contributed by atoms with van der Waals surface area (Å²) in [5.74, 6) is 7.25. The van der Waals surface area contributed by atoms with Crippen molar-refractivity contribution in [3.8, 4) is 0 Å². The van der Waals surface area contributed by atoms with Crippen molar-refractivity contribution in [1.29, 1.82) is 0 Å². The first-order valence-corrected chi connectivity index (χ1v) is 8.48. The van der Waals surface area contributed by atoms with Crippen molar-refractivity contribution in [2.45, 2.75) is 51.7 Å². The topological polar surface area (TPSA) is 35.5 Å². The van der Waals surface area contributed by atoms with Gasteiger partial charge in [-0.1, -0.05) is 0 Å². The molecule has 8 atom stereocenters. The van der Waals surface area contributed by atoms with Crippen LogP contribution in [0.1, 0.15) is 45.4 Å². The van der Waals surface area contributed by atoms with Crippen molar-refractivity contribution in [3.05, 3.63) is 0 Å². The predicted octanol–water partition coefficient (Wildman–Crippen LogP) is 3.23. The Morgan fingerprint density at radius 2 is 1.90 bits per heavy atom. The lowest BCUT2D eigenvalue weighted by atomic mass is 9.67. The van der Waals surface area contributed by atoms with Gasteiger partial charge in [0.15, 0.2) is 6.29 Å². The highest BCUT2D eigenvalue weighted by molar-refractivity contribution is 5.37. The fourth-order valence-corrected chi connectivity index (χ4v) is 6.54. The molecule has 20 heavy (non-hydrogen) atoms. The SMILES string of the molecule is CC(OC=O)OCCC1CC2CC1C1C3CCC(C3)C21. The van der Waals surface area contributed by atoms with E-state index in [0.29, 0.717) is 6.47 Å². The molecule has 0 aromatic rings. The van der Waals surface area contributed by atoms with Crippen LogP contribution in [0.15, 0.2) is 0 Å². The van der Waals surface area contributed by atoms with E-state index in [1.165, 1.54) is 25.7 Å². The number of rotatable bonds is 6. The van der Waals surface area contributed by atoms with E-state index >= 15 is 0 Å². The van der Waals surface area contributed by atoms with E-state index in [9.17, 15) is 4.79 Å². The quantitative estimate of drug-likeness (QED) is 0.425. The molecule has 3 nitrogen and oxygen atoms in total. The Morgan fingerprint density at radius 1 is 1.10 bits per heavy atom. The zero-order valence-corrected chi connectivity index (χ0v) is 12.4. The number of hydrogen-bond donors (Lipinski definition) is 0. The van der Waals surface area contributed by atoms with Crippen LogP contribution in [0.5, 0.6) is 0 Å². The van der Waals surface area contributed by atoms with E-state index in [1.54, 1.807) is 13.3 Å². The van der Waals surface area contributed by atoms with Crippen LogP contribution in [0.4, 0.5) is 0 Å². The molecule has 0 aliphatic heterocycles. The number of ether oxygens (including phenoxy) is 2. The number of carbonyl (C=O) groups is 1. The van der Waals surface area contributed by atoms with Gasteiger partial charge in [-0.25, -0.2) is 0 Å². The lowest BCUT2D eigenvalue weighted by Crippen LogP contribution is -2.33. The Labute approximate surface area is 121 Å². The average molecular weight is 278 g/mol. The van der Waals surface area contributed by atoms with Gasteiger partial charge in [-0.05, 0) is 86.9 Å². The highest BCUT2D eigenvalue weighted by Crippen LogP contribution is 2.69. The van der Waals surface area contributed by atoms with Crippen LogP contribution >= 0.6 is 0 Å². The van der Waals surface area contributed by atoms with E-state index < -0.39 is 0 Å². The molecule has 4 fully saturated rings. The van der Waals surface area contributed by atoms with Crippen LogP contribution in [0, 0.1) is 41.4 Å². The van der Waals surface area contributed by atoms with E-state index in [4.69, 9.17) is 9.47 Å². The Balaban J connectivity index is 1.31. The lowest BCUT2D eigenvalue weighted by Gasteiger charge is -2.38. The standard InChI is InChI=1S/C17H26O3/c1-10(20-9-18)19-5-4-11-6-14-8-15(11)17-13-3-2-12(7-13)16(14)17/h9-17H,2-8H2,1H3. The van der Waals surface area contributed by atoms with Crippen LogP contribution in [-0.4, -0.2) is 19.4 Å². The van der Waals surface area contributed by atoms with Gasteiger partial charge in [-0.2, -0.15) is 0 Å². The highest BCUT2D eigenvalue weighted by Gasteiger charge is 2.61. The summed E-state index contributed by atoms with van der Waals surface area (Å²) in [6, 6.07) is 0. The van der Waals surface area contributed by atoms with Crippen LogP contribution < -0.4 is 0 Å². The second-order valence-corrected chi connectivity index (χ2v) is 7.60. The zero-order valence-electron chi connectivity index (χ0n) is 12.4. The summed E-state index contributed by atoms with van der Waals surface area (Å²) in [4.78, 5) is 10.2. The summed E-state index contributed by atoms with van der Waals surface area (Å²) < 4.78 is 10.3. The van der Waals surface area contributed by atoms with Gasteiger partial charge < -0.3 is 9.47 Å². The summed E-state index contributed by atoms with van der Waals surface area (Å²) in [6.45, 7) is 3.01. The van der Waals surface area contributed by atoms with Gasteiger partial charge in [0, 0.05) is 0 Å². The minimum Gasteiger partial charge on any atom is -0.438 e. The minimum absolute atomic E-state index is 0.388. The van der Waals surface area contributed by atoms with Crippen LogP contribution in [0.3, 0.4) is 0 Å². The third-order valence-corrected chi connectivity index (χ3v) is 6.96. The zero-order chi connectivity index (χ0) is 13.7. The van der Waals surface area contributed by atoms with Gasteiger partial charge in [0.25, 0.3) is 6.47 Å².